The summed E-state index contributed by atoms with van der Waals surface area (Å²) in [5, 5.41) is 0.528. The summed E-state index contributed by atoms with van der Waals surface area (Å²) in [4.78, 5) is 16.7. The second-order valence-electron chi connectivity index (χ2n) is 5.98. The molecule has 0 radical (unpaired) electrons. The summed E-state index contributed by atoms with van der Waals surface area (Å²) in [5.41, 5.74) is 0.952. The van der Waals surface area contributed by atoms with Gasteiger partial charge in [-0.2, -0.15) is 0 Å². The Kier molecular flexibility index (Phi) is 6.60. The van der Waals surface area contributed by atoms with Crippen molar-refractivity contribution in [1.29, 1.82) is 0 Å². The average molecular weight is 355 g/mol. The van der Waals surface area contributed by atoms with E-state index in [1.165, 1.54) is 0 Å². The van der Waals surface area contributed by atoms with E-state index in [1.54, 1.807) is 20.3 Å². The number of rotatable bonds is 6. The van der Waals surface area contributed by atoms with Crippen molar-refractivity contribution in [2.75, 3.05) is 45.3 Å². The van der Waals surface area contributed by atoms with Crippen LogP contribution in [0, 0.1) is 5.92 Å². The molecule has 5 nitrogen and oxygen atoms in total. The van der Waals surface area contributed by atoms with E-state index in [9.17, 15) is 4.79 Å². The number of nitrogens with zero attached hydrogens (tertiary/aromatic N) is 2. The molecule has 0 aliphatic carbocycles. The maximum Gasteiger partial charge on any atom is 0.225 e. The molecule has 24 heavy (non-hydrogen) atoms. The first-order chi connectivity index (χ1) is 11.5. The Morgan fingerprint density at radius 3 is 2.17 bits per heavy atom. The van der Waals surface area contributed by atoms with Crippen molar-refractivity contribution in [2.45, 2.75) is 26.7 Å². The van der Waals surface area contributed by atoms with Crippen LogP contribution in [0.2, 0.25) is 5.02 Å². The van der Waals surface area contributed by atoms with Crippen molar-refractivity contribution < 1.29 is 14.3 Å². The molecular formula is C18H27ClN2O3. The highest BCUT2D eigenvalue weighted by Gasteiger charge is 2.27. The van der Waals surface area contributed by atoms with E-state index >= 15 is 0 Å². The smallest absolute Gasteiger partial charge is 0.225 e. The zero-order chi connectivity index (χ0) is 17.7. The molecule has 1 amide bonds. The van der Waals surface area contributed by atoms with Gasteiger partial charge in [-0.05, 0) is 12.8 Å². The number of amides is 1. The Bertz CT molecular complexity index is 568. The Balaban J connectivity index is 2.11. The number of carbonyl (C=O) groups is 1. The molecule has 134 valence electrons. The Hall–Kier alpha value is -1.62. The SMILES string of the molecule is CCC(CC)C(=O)N1CCN(c2cc(OC)c(Cl)cc2OC)CC1. The van der Waals surface area contributed by atoms with E-state index in [4.69, 9.17) is 21.1 Å². The second kappa shape index (κ2) is 8.47. The molecule has 0 aromatic heterocycles. The van der Waals surface area contributed by atoms with Gasteiger partial charge < -0.3 is 19.3 Å². The molecule has 1 aromatic rings. The number of carbonyl (C=O) groups excluding carboxylic acids is 1. The van der Waals surface area contributed by atoms with Crippen LogP contribution in [0.3, 0.4) is 0 Å². The van der Waals surface area contributed by atoms with Crippen molar-refractivity contribution in [3.63, 3.8) is 0 Å². The van der Waals surface area contributed by atoms with E-state index in [2.05, 4.69) is 18.7 Å². The van der Waals surface area contributed by atoms with Gasteiger partial charge in [0.05, 0.1) is 24.9 Å². The van der Waals surface area contributed by atoms with Gasteiger partial charge in [-0.15, -0.1) is 0 Å². The quantitative estimate of drug-likeness (QED) is 0.784. The van der Waals surface area contributed by atoms with Crippen LogP contribution in [-0.4, -0.2) is 51.2 Å². The Labute approximate surface area is 149 Å². The van der Waals surface area contributed by atoms with Crippen LogP contribution < -0.4 is 14.4 Å². The van der Waals surface area contributed by atoms with Crippen molar-refractivity contribution in [3.8, 4) is 11.5 Å². The maximum atomic E-state index is 12.5. The fourth-order valence-electron chi connectivity index (χ4n) is 3.16. The molecule has 2 rings (SSSR count). The fraction of sp³-hybridized carbons (Fsp3) is 0.611. The molecule has 0 atom stereocenters. The summed E-state index contributed by atoms with van der Waals surface area (Å²) < 4.78 is 10.8. The maximum absolute atomic E-state index is 12.5. The zero-order valence-corrected chi connectivity index (χ0v) is 15.7. The van der Waals surface area contributed by atoms with Gasteiger partial charge in [0, 0.05) is 44.2 Å². The van der Waals surface area contributed by atoms with Crippen LogP contribution in [0.25, 0.3) is 0 Å². The second-order valence-corrected chi connectivity index (χ2v) is 6.39. The van der Waals surface area contributed by atoms with Gasteiger partial charge >= 0.3 is 0 Å². The number of benzene rings is 1. The summed E-state index contributed by atoms with van der Waals surface area (Å²) in [5.74, 6) is 1.77. The molecule has 6 heteroatoms. The van der Waals surface area contributed by atoms with Crippen LogP contribution in [0.4, 0.5) is 5.69 Å². The van der Waals surface area contributed by atoms with Crippen molar-refractivity contribution >= 4 is 23.2 Å². The van der Waals surface area contributed by atoms with Gasteiger partial charge in [0.25, 0.3) is 0 Å². The molecule has 0 bridgehead atoms. The molecule has 1 saturated heterocycles. The van der Waals surface area contributed by atoms with Crippen molar-refractivity contribution in [3.05, 3.63) is 17.2 Å². The molecule has 1 aromatic carbocycles. The van der Waals surface area contributed by atoms with Gasteiger partial charge in [0.2, 0.25) is 5.91 Å². The summed E-state index contributed by atoms with van der Waals surface area (Å²) in [7, 11) is 3.23. The number of piperazine rings is 1. The molecule has 1 aliphatic rings. The van der Waals surface area contributed by atoms with Gasteiger partial charge in [-0.1, -0.05) is 25.4 Å². The molecule has 1 fully saturated rings. The van der Waals surface area contributed by atoms with Crippen LogP contribution >= 0.6 is 11.6 Å². The molecule has 1 heterocycles. The summed E-state index contributed by atoms with van der Waals surface area (Å²) in [6.45, 7) is 7.15. The van der Waals surface area contributed by atoms with Gasteiger partial charge in [-0.3, -0.25) is 4.79 Å². The molecule has 1 aliphatic heterocycles. The highest BCUT2D eigenvalue weighted by molar-refractivity contribution is 6.32. The number of ether oxygens (including phenoxy) is 2. The lowest BCUT2D eigenvalue weighted by Gasteiger charge is -2.38. The van der Waals surface area contributed by atoms with Gasteiger partial charge in [0.1, 0.15) is 11.5 Å². The highest BCUT2D eigenvalue weighted by atomic mass is 35.5. The first-order valence-electron chi connectivity index (χ1n) is 8.50. The lowest BCUT2D eigenvalue weighted by molar-refractivity contribution is -0.136. The third kappa shape index (κ3) is 3.89. The molecule has 0 unspecified atom stereocenters. The van der Waals surface area contributed by atoms with Crippen LogP contribution in [0.1, 0.15) is 26.7 Å². The fourth-order valence-corrected chi connectivity index (χ4v) is 3.39. The lowest BCUT2D eigenvalue weighted by Crippen LogP contribution is -2.50. The minimum absolute atomic E-state index is 0.140. The standard InChI is InChI=1S/C18H27ClN2O3/c1-5-13(6-2)18(22)21-9-7-20(8-10-21)15-12-16(23-3)14(19)11-17(15)24-4/h11-13H,5-10H2,1-4H3. The number of hydrogen-bond donors (Lipinski definition) is 0. The van der Waals surface area contributed by atoms with E-state index in [-0.39, 0.29) is 11.8 Å². The normalized spacial score (nSPS) is 14.9. The minimum atomic E-state index is 0.140. The topological polar surface area (TPSA) is 42.0 Å². The average Bonchev–Trinajstić information content (AvgIpc) is 2.62. The number of halogens is 1. The number of hydrogen-bond acceptors (Lipinski definition) is 4. The van der Waals surface area contributed by atoms with E-state index in [0.29, 0.717) is 10.8 Å². The number of methoxy groups -OCH3 is 2. The van der Waals surface area contributed by atoms with Crippen LogP contribution in [-0.2, 0) is 4.79 Å². The van der Waals surface area contributed by atoms with E-state index < -0.39 is 0 Å². The van der Waals surface area contributed by atoms with Gasteiger partial charge in [0.15, 0.2) is 0 Å². The highest BCUT2D eigenvalue weighted by Crippen LogP contribution is 2.38. The zero-order valence-electron chi connectivity index (χ0n) is 15.0. The Morgan fingerprint density at radius 1 is 1.08 bits per heavy atom. The molecule has 0 N–H and O–H groups in total. The largest absolute Gasteiger partial charge is 0.495 e. The molecular weight excluding hydrogens is 328 g/mol. The summed E-state index contributed by atoms with van der Waals surface area (Å²) in [6, 6.07) is 3.68. The van der Waals surface area contributed by atoms with Gasteiger partial charge in [-0.25, -0.2) is 0 Å². The van der Waals surface area contributed by atoms with Crippen molar-refractivity contribution in [1.82, 2.24) is 4.90 Å². The monoisotopic (exact) mass is 354 g/mol. The predicted octanol–water partition coefficient (Wildman–Crippen LogP) is 3.44. The first kappa shape index (κ1) is 18.7. The third-order valence-corrected chi connectivity index (χ3v) is 5.02. The first-order valence-corrected chi connectivity index (χ1v) is 8.88. The predicted molar refractivity (Wildman–Crippen MR) is 97.4 cm³/mol. The van der Waals surface area contributed by atoms with Crippen LogP contribution in [0.5, 0.6) is 11.5 Å². The van der Waals surface area contributed by atoms with E-state index in [0.717, 1.165) is 50.5 Å². The molecule has 0 spiro atoms. The van der Waals surface area contributed by atoms with Crippen molar-refractivity contribution in [2.24, 2.45) is 5.92 Å². The summed E-state index contributed by atoms with van der Waals surface area (Å²) in [6.07, 6.45) is 1.80. The Morgan fingerprint density at radius 2 is 1.67 bits per heavy atom. The van der Waals surface area contributed by atoms with Crippen LogP contribution in [0.15, 0.2) is 12.1 Å². The lowest BCUT2D eigenvalue weighted by atomic mass is 10.0. The third-order valence-electron chi connectivity index (χ3n) is 4.72. The number of anilines is 1. The minimum Gasteiger partial charge on any atom is -0.495 e. The summed E-state index contributed by atoms with van der Waals surface area (Å²) >= 11 is 6.17. The van der Waals surface area contributed by atoms with E-state index in [1.807, 2.05) is 11.0 Å². The molecule has 0 saturated carbocycles.